The summed E-state index contributed by atoms with van der Waals surface area (Å²) in [7, 11) is 0. The molecule has 0 atom stereocenters. The lowest BCUT2D eigenvalue weighted by Gasteiger charge is -2.38. The number of carbonyl (C=O) groups excluding carboxylic acids is 1. The smallest absolute Gasteiger partial charge is 0.273 e. The quantitative estimate of drug-likeness (QED) is 0.889. The summed E-state index contributed by atoms with van der Waals surface area (Å²) in [6.07, 6.45) is 7.83. The fourth-order valence-electron chi connectivity index (χ4n) is 3.20. The number of halogens is 1. The number of aromatic nitrogens is 1. The summed E-state index contributed by atoms with van der Waals surface area (Å²) in [6.45, 7) is 0. The summed E-state index contributed by atoms with van der Waals surface area (Å²) in [5.74, 6) is -0.146. The van der Waals surface area contributed by atoms with Crippen molar-refractivity contribution in [3.63, 3.8) is 0 Å². The fourth-order valence-corrected chi connectivity index (χ4v) is 3.47. The second-order valence-electron chi connectivity index (χ2n) is 5.98. The molecule has 1 heterocycles. The van der Waals surface area contributed by atoms with Gasteiger partial charge in [-0.3, -0.25) is 4.79 Å². The normalized spacial score (nSPS) is 17.1. The van der Waals surface area contributed by atoms with Gasteiger partial charge >= 0.3 is 0 Å². The Bertz CT molecular complexity index is 617. The first kappa shape index (κ1) is 15.3. The largest absolute Gasteiger partial charge is 0.364 e. The number of hydrogen-bond donors (Lipinski definition) is 1. The Labute approximate surface area is 138 Å². The maximum Gasteiger partial charge on any atom is 0.273 e. The highest BCUT2D eigenvalue weighted by molar-refractivity contribution is 9.10. The van der Waals surface area contributed by atoms with Crippen LogP contribution < -0.4 is 5.32 Å². The lowest BCUT2D eigenvalue weighted by Crippen LogP contribution is -2.51. The summed E-state index contributed by atoms with van der Waals surface area (Å²) in [6, 6.07) is 9.92. The predicted octanol–water partition coefficient (Wildman–Crippen LogP) is 4.11. The zero-order valence-corrected chi connectivity index (χ0v) is 13.9. The highest BCUT2D eigenvalue weighted by atomic mass is 79.9. The number of hydrogen-bond acceptors (Lipinski definition) is 3. The average molecular weight is 363 g/mol. The third kappa shape index (κ3) is 3.58. The van der Waals surface area contributed by atoms with Crippen molar-refractivity contribution in [3.8, 4) is 0 Å². The minimum absolute atomic E-state index is 0.146. The van der Waals surface area contributed by atoms with Gasteiger partial charge in [-0.05, 0) is 37.0 Å². The molecule has 0 unspecified atom stereocenters. The maximum atomic E-state index is 12.4. The Kier molecular flexibility index (Phi) is 4.62. The maximum absolute atomic E-state index is 12.4. The minimum atomic E-state index is -0.178. The molecule has 1 aromatic carbocycles. The van der Waals surface area contributed by atoms with Crippen LogP contribution in [0.1, 0.15) is 48.2 Å². The van der Waals surface area contributed by atoms with Crippen LogP contribution in [-0.4, -0.2) is 16.6 Å². The number of amides is 1. The van der Waals surface area contributed by atoms with Crippen molar-refractivity contribution >= 4 is 21.8 Å². The van der Waals surface area contributed by atoms with Crippen LogP contribution >= 0.6 is 15.9 Å². The summed E-state index contributed by atoms with van der Waals surface area (Å²) in [5, 5.41) is 6.96. The van der Waals surface area contributed by atoms with Crippen LogP contribution in [0.15, 0.2) is 45.6 Å². The average Bonchev–Trinajstić information content (AvgIpc) is 3.05. The molecule has 116 valence electrons. The van der Waals surface area contributed by atoms with Crippen LogP contribution in [0.2, 0.25) is 0 Å². The standard InChI is InChI=1S/C17H19BrN2O2/c18-14-6-4-13(5-7-14)12-17(9-2-1-3-10-17)19-16(21)15-8-11-22-20-15/h4-8,11H,1-3,9-10,12H2,(H,19,21). The Morgan fingerprint density at radius 1 is 1.18 bits per heavy atom. The molecule has 2 aromatic rings. The molecule has 1 aliphatic carbocycles. The molecule has 0 radical (unpaired) electrons. The molecule has 5 heteroatoms. The molecule has 1 fully saturated rings. The monoisotopic (exact) mass is 362 g/mol. The SMILES string of the molecule is O=C(NC1(Cc2ccc(Br)cc2)CCCCC1)c1ccon1. The van der Waals surface area contributed by atoms with E-state index in [1.54, 1.807) is 6.07 Å². The number of carbonyl (C=O) groups is 1. The molecule has 1 amide bonds. The number of benzene rings is 1. The highest BCUT2D eigenvalue weighted by Gasteiger charge is 2.34. The topological polar surface area (TPSA) is 55.1 Å². The first-order valence-electron chi connectivity index (χ1n) is 7.64. The van der Waals surface area contributed by atoms with Crippen LogP contribution in [0.4, 0.5) is 0 Å². The van der Waals surface area contributed by atoms with E-state index < -0.39 is 0 Å². The Hall–Kier alpha value is -1.62. The molecule has 0 aliphatic heterocycles. The van der Waals surface area contributed by atoms with E-state index in [-0.39, 0.29) is 11.4 Å². The van der Waals surface area contributed by atoms with E-state index in [1.807, 2.05) is 12.1 Å². The van der Waals surface area contributed by atoms with Crippen LogP contribution in [0, 0.1) is 0 Å². The molecule has 22 heavy (non-hydrogen) atoms. The van der Waals surface area contributed by atoms with E-state index in [0.29, 0.717) is 5.69 Å². The Morgan fingerprint density at radius 3 is 2.55 bits per heavy atom. The lowest BCUT2D eigenvalue weighted by atomic mass is 9.77. The zero-order chi connectivity index (χ0) is 15.4. The number of rotatable bonds is 4. The van der Waals surface area contributed by atoms with E-state index in [1.165, 1.54) is 18.2 Å². The highest BCUT2D eigenvalue weighted by Crippen LogP contribution is 2.32. The molecule has 1 N–H and O–H groups in total. The molecule has 0 spiro atoms. The minimum Gasteiger partial charge on any atom is -0.364 e. The number of nitrogens with one attached hydrogen (secondary N) is 1. The van der Waals surface area contributed by atoms with Gasteiger partial charge in [-0.1, -0.05) is 52.5 Å². The predicted molar refractivity (Wildman–Crippen MR) is 87.6 cm³/mol. The second-order valence-corrected chi connectivity index (χ2v) is 6.90. The van der Waals surface area contributed by atoms with Gasteiger partial charge in [0.05, 0.1) is 0 Å². The Balaban J connectivity index is 1.78. The van der Waals surface area contributed by atoms with Crippen molar-refractivity contribution in [3.05, 3.63) is 52.3 Å². The fraction of sp³-hybridized carbons (Fsp3) is 0.412. The molecule has 0 saturated heterocycles. The van der Waals surface area contributed by atoms with Gasteiger partial charge < -0.3 is 9.84 Å². The van der Waals surface area contributed by atoms with Crippen molar-refractivity contribution in [1.82, 2.24) is 10.5 Å². The van der Waals surface area contributed by atoms with Crippen LogP contribution in [0.3, 0.4) is 0 Å². The summed E-state index contributed by atoms with van der Waals surface area (Å²) >= 11 is 3.46. The van der Waals surface area contributed by atoms with Crippen molar-refractivity contribution in [2.75, 3.05) is 0 Å². The van der Waals surface area contributed by atoms with Gasteiger partial charge in [0.1, 0.15) is 6.26 Å². The van der Waals surface area contributed by atoms with Gasteiger partial charge in [-0.2, -0.15) is 0 Å². The molecule has 4 nitrogen and oxygen atoms in total. The molecular formula is C17H19BrN2O2. The van der Waals surface area contributed by atoms with E-state index in [4.69, 9.17) is 4.52 Å². The third-order valence-electron chi connectivity index (χ3n) is 4.32. The summed E-state index contributed by atoms with van der Waals surface area (Å²) < 4.78 is 5.84. The first-order chi connectivity index (χ1) is 10.7. The number of nitrogens with zero attached hydrogens (tertiary/aromatic N) is 1. The van der Waals surface area contributed by atoms with E-state index in [9.17, 15) is 4.79 Å². The van der Waals surface area contributed by atoms with Crippen molar-refractivity contribution in [1.29, 1.82) is 0 Å². The van der Waals surface area contributed by atoms with Crippen LogP contribution in [0.5, 0.6) is 0 Å². The van der Waals surface area contributed by atoms with Crippen LogP contribution in [-0.2, 0) is 6.42 Å². The summed E-state index contributed by atoms with van der Waals surface area (Å²) in [4.78, 5) is 12.4. The van der Waals surface area contributed by atoms with Crippen LogP contribution in [0.25, 0.3) is 0 Å². The molecule has 1 aliphatic rings. The van der Waals surface area contributed by atoms with Gasteiger partial charge in [-0.15, -0.1) is 0 Å². The van der Waals surface area contributed by atoms with Gasteiger partial charge in [0, 0.05) is 16.1 Å². The molecule has 1 aromatic heterocycles. The van der Waals surface area contributed by atoms with Crippen molar-refractivity contribution < 1.29 is 9.32 Å². The van der Waals surface area contributed by atoms with Gasteiger partial charge in [0.15, 0.2) is 5.69 Å². The van der Waals surface area contributed by atoms with Gasteiger partial charge in [0.2, 0.25) is 0 Å². The molecule has 3 rings (SSSR count). The van der Waals surface area contributed by atoms with Crippen molar-refractivity contribution in [2.24, 2.45) is 0 Å². The third-order valence-corrected chi connectivity index (χ3v) is 4.84. The zero-order valence-electron chi connectivity index (χ0n) is 12.3. The molecule has 1 saturated carbocycles. The molecular weight excluding hydrogens is 344 g/mol. The molecule has 0 bridgehead atoms. The van der Waals surface area contributed by atoms with E-state index in [2.05, 4.69) is 38.5 Å². The lowest BCUT2D eigenvalue weighted by molar-refractivity contribution is 0.0859. The van der Waals surface area contributed by atoms with E-state index >= 15 is 0 Å². The second kappa shape index (κ2) is 6.65. The Morgan fingerprint density at radius 2 is 1.91 bits per heavy atom. The summed E-state index contributed by atoms with van der Waals surface area (Å²) in [5.41, 5.74) is 1.41. The van der Waals surface area contributed by atoms with Crippen molar-refractivity contribution in [2.45, 2.75) is 44.1 Å². The van der Waals surface area contributed by atoms with E-state index in [0.717, 1.165) is 36.6 Å². The first-order valence-corrected chi connectivity index (χ1v) is 8.44. The van der Waals surface area contributed by atoms with Gasteiger partial charge in [-0.25, -0.2) is 0 Å². The van der Waals surface area contributed by atoms with Gasteiger partial charge in [0.25, 0.3) is 5.91 Å².